The Labute approximate surface area is 143 Å². The van der Waals surface area contributed by atoms with Gasteiger partial charge in [0.25, 0.3) is 0 Å². The number of aromatic nitrogens is 2. The topological polar surface area (TPSA) is 17.8 Å². The predicted molar refractivity (Wildman–Crippen MR) is 101 cm³/mol. The van der Waals surface area contributed by atoms with Crippen LogP contribution in [0.25, 0.3) is 22.2 Å². The molecule has 3 rings (SSSR count). The number of benzene rings is 1. The Hall–Kier alpha value is -1.61. The highest BCUT2D eigenvalue weighted by atomic mass is 32.1. The normalized spacial score (nSPS) is 13.0. The van der Waals surface area contributed by atoms with Crippen LogP contribution in [0.4, 0.5) is 0 Å². The van der Waals surface area contributed by atoms with Crippen molar-refractivity contribution in [3.8, 4) is 11.3 Å². The number of aryl methyl sites for hydroxylation is 1. The number of rotatable bonds is 1. The second-order valence-electron chi connectivity index (χ2n) is 8.32. The molecule has 0 fully saturated rings. The van der Waals surface area contributed by atoms with E-state index < -0.39 is 0 Å². The zero-order valence-electron chi connectivity index (χ0n) is 15.2. The molecule has 2 heterocycles. The van der Waals surface area contributed by atoms with Gasteiger partial charge in [0.2, 0.25) is 0 Å². The van der Waals surface area contributed by atoms with Crippen LogP contribution >= 0.6 is 11.3 Å². The first kappa shape index (κ1) is 16.3. The zero-order chi connectivity index (χ0) is 17.0. The SMILES string of the molecule is Cn1nc(-c2ccccc2)c2c(C(C)(C)C)sc(C(C)(C)C)c21. The van der Waals surface area contributed by atoms with Crippen molar-refractivity contribution in [1.29, 1.82) is 0 Å². The Balaban J connectivity index is 2.44. The molecule has 0 aliphatic carbocycles. The summed E-state index contributed by atoms with van der Waals surface area (Å²) in [6.07, 6.45) is 0. The average molecular weight is 327 g/mol. The number of hydrogen-bond donors (Lipinski definition) is 0. The van der Waals surface area contributed by atoms with Crippen molar-refractivity contribution in [1.82, 2.24) is 9.78 Å². The van der Waals surface area contributed by atoms with Crippen LogP contribution < -0.4 is 0 Å². The monoisotopic (exact) mass is 326 g/mol. The summed E-state index contributed by atoms with van der Waals surface area (Å²) in [7, 11) is 2.07. The van der Waals surface area contributed by atoms with E-state index in [2.05, 4.69) is 83.6 Å². The number of thiophene rings is 1. The summed E-state index contributed by atoms with van der Waals surface area (Å²) in [5.74, 6) is 0. The molecule has 2 aromatic heterocycles. The third-order valence-electron chi connectivity index (χ3n) is 4.10. The molecular weight excluding hydrogens is 300 g/mol. The van der Waals surface area contributed by atoms with Crippen LogP contribution in [0.2, 0.25) is 0 Å². The van der Waals surface area contributed by atoms with E-state index in [1.807, 2.05) is 11.3 Å². The molecule has 0 radical (unpaired) electrons. The number of hydrogen-bond acceptors (Lipinski definition) is 2. The molecule has 2 nitrogen and oxygen atoms in total. The molecule has 0 unspecified atom stereocenters. The fraction of sp³-hybridized carbons (Fsp3) is 0.450. The summed E-state index contributed by atoms with van der Waals surface area (Å²) in [6, 6.07) is 10.5. The van der Waals surface area contributed by atoms with E-state index in [4.69, 9.17) is 5.10 Å². The molecule has 0 bridgehead atoms. The molecule has 122 valence electrons. The van der Waals surface area contributed by atoms with Gasteiger partial charge in [-0.1, -0.05) is 71.9 Å². The fourth-order valence-electron chi connectivity index (χ4n) is 3.04. The van der Waals surface area contributed by atoms with Crippen molar-refractivity contribution in [2.45, 2.75) is 52.4 Å². The van der Waals surface area contributed by atoms with Gasteiger partial charge >= 0.3 is 0 Å². The molecule has 0 atom stereocenters. The molecular formula is C20H26N2S. The van der Waals surface area contributed by atoms with Crippen LogP contribution in [0.5, 0.6) is 0 Å². The highest BCUT2D eigenvalue weighted by Crippen LogP contribution is 2.47. The molecule has 0 spiro atoms. The Morgan fingerprint density at radius 1 is 0.870 bits per heavy atom. The van der Waals surface area contributed by atoms with E-state index in [-0.39, 0.29) is 10.8 Å². The lowest BCUT2D eigenvalue weighted by Gasteiger charge is -2.19. The van der Waals surface area contributed by atoms with Crippen LogP contribution in [0, 0.1) is 0 Å². The van der Waals surface area contributed by atoms with E-state index >= 15 is 0 Å². The van der Waals surface area contributed by atoms with Gasteiger partial charge in [0, 0.05) is 27.8 Å². The molecule has 0 saturated carbocycles. The van der Waals surface area contributed by atoms with Crippen LogP contribution in [0.15, 0.2) is 30.3 Å². The molecule has 3 heteroatoms. The molecule has 0 saturated heterocycles. The largest absolute Gasteiger partial charge is 0.266 e. The van der Waals surface area contributed by atoms with Crippen molar-refractivity contribution in [3.63, 3.8) is 0 Å². The first-order valence-electron chi connectivity index (χ1n) is 8.16. The van der Waals surface area contributed by atoms with E-state index in [9.17, 15) is 0 Å². The van der Waals surface area contributed by atoms with E-state index in [0.29, 0.717) is 0 Å². The lowest BCUT2D eigenvalue weighted by Crippen LogP contribution is -2.11. The Morgan fingerprint density at radius 3 is 1.96 bits per heavy atom. The van der Waals surface area contributed by atoms with Gasteiger partial charge in [-0.05, 0) is 10.8 Å². The maximum Gasteiger partial charge on any atom is 0.101 e. The number of nitrogens with zero attached hydrogens (tertiary/aromatic N) is 2. The standard InChI is InChI=1S/C20H26N2S/c1-19(2,3)17-14-15(13-11-9-8-10-12-13)21-22(7)16(14)18(23-17)20(4,5)6/h8-12H,1-7H3. The fourth-order valence-corrected chi connectivity index (χ4v) is 4.48. The third kappa shape index (κ3) is 2.72. The quantitative estimate of drug-likeness (QED) is 0.544. The van der Waals surface area contributed by atoms with E-state index in [1.54, 1.807) is 0 Å². The van der Waals surface area contributed by atoms with Crippen LogP contribution in [0.3, 0.4) is 0 Å². The minimum atomic E-state index is 0.110. The summed E-state index contributed by atoms with van der Waals surface area (Å²) >= 11 is 1.96. The second kappa shape index (κ2) is 5.20. The molecule has 0 amide bonds. The highest BCUT2D eigenvalue weighted by Gasteiger charge is 2.31. The Morgan fingerprint density at radius 2 is 1.43 bits per heavy atom. The average Bonchev–Trinajstić information content (AvgIpc) is 2.98. The van der Waals surface area contributed by atoms with Crippen molar-refractivity contribution >= 4 is 22.2 Å². The number of fused-ring (bicyclic) bond motifs is 1. The lowest BCUT2D eigenvalue weighted by molar-refractivity contribution is 0.601. The Bertz CT molecular complexity index is 840. The molecule has 3 aromatic rings. The summed E-state index contributed by atoms with van der Waals surface area (Å²) in [6.45, 7) is 13.8. The molecule has 0 N–H and O–H groups in total. The molecule has 0 aliphatic rings. The summed E-state index contributed by atoms with van der Waals surface area (Å²) in [4.78, 5) is 2.86. The van der Waals surface area contributed by atoms with Crippen LogP contribution in [-0.4, -0.2) is 9.78 Å². The van der Waals surface area contributed by atoms with Gasteiger partial charge in [-0.15, -0.1) is 11.3 Å². The van der Waals surface area contributed by atoms with Gasteiger partial charge < -0.3 is 0 Å². The molecule has 1 aromatic carbocycles. The molecule has 0 aliphatic heterocycles. The van der Waals surface area contributed by atoms with Gasteiger partial charge in [0.15, 0.2) is 0 Å². The van der Waals surface area contributed by atoms with E-state index in [1.165, 1.54) is 26.2 Å². The smallest absolute Gasteiger partial charge is 0.101 e. The first-order chi connectivity index (χ1) is 10.6. The highest BCUT2D eigenvalue weighted by molar-refractivity contribution is 7.14. The van der Waals surface area contributed by atoms with Crippen molar-refractivity contribution in [3.05, 3.63) is 40.1 Å². The maximum absolute atomic E-state index is 4.89. The van der Waals surface area contributed by atoms with Crippen molar-refractivity contribution in [2.75, 3.05) is 0 Å². The molecule has 23 heavy (non-hydrogen) atoms. The van der Waals surface area contributed by atoms with Gasteiger partial charge in [-0.25, -0.2) is 0 Å². The second-order valence-corrected chi connectivity index (χ2v) is 9.34. The van der Waals surface area contributed by atoms with Gasteiger partial charge in [-0.3, -0.25) is 4.68 Å². The zero-order valence-corrected chi connectivity index (χ0v) is 16.0. The van der Waals surface area contributed by atoms with Crippen LogP contribution in [-0.2, 0) is 17.9 Å². The summed E-state index contributed by atoms with van der Waals surface area (Å²) in [5.41, 5.74) is 3.83. The third-order valence-corrected chi connectivity index (χ3v) is 6.13. The van der Waals surface area contributed by atoms with Crippen molar-refractivity contribution in [2.24, 2.45) is 7.05 Å². The first-order valence-corrected chi connectivity index (χ1v) is 8.98. The lowest BCUT2D eigenvalue weighted by atomic mass is 9.89. The van der Waals surface area contributed by atoms with Gasteiger partial charge in [-0.2, -0.15) is 5.10 Å². The Kier molecular flexibility index (Phi) is 3.68. The predicted octanol–water partition coefficient (Wildman–Crippen LogP) is 5.90. The van der Waals surface area contributed by atoms with Gasteiger partial charge in [0.05, 0.1) is 5.52 Å². The minimum absolute atomic E-state index is 0.110. The van der Waals surface area contributed by atoms with E-state index in [0.717, 1.165) is 5.69 Å². The van der Waals surface area contributed by atoms with Gasteiger partial charge in [0.1, 0.15) is 5.69 Å². The van der Waals surface area contributed by atoms with Crippen molar-refractivity contribution < 1.29 is 0 Å². The maximum atomic E-state index is 4.89. The summed E-state index contributed by atoms with van der Waals surface area (Å²) in [5, 5.41) is 6.23. The minimum Gasteiger partial charge on any atom is -0.266 e. The van der Waals surface area contributed by atoms with Crippen LogP contribution in [0.1, 0.15) is 51.3 Å². The summed E-state index contributed by atoms with van der Waals surface area (Å²) < 4.78 is 2.07.